The molecule has 236 valence electrons. The Kier molecular flexibility index (Phi) is 10.3. The Hall–Kier alpha value is -4.19. The molecule has 5 rings (SSSR count). The summed E-state index contributed by atoms with van der Waals surface area (Å²) in [5.41, 5.74) is 8.88. The number of hydrogen-bond donors (Lipinski definition) is 3. The fraction of sp³-hybridized carbons (Fsp3) is 0.531. The molecule has 1 saturated heterocycles. The number of carboxylic acid groups (broad SMARTS) is 1. The number of aliphatic carboxylic acids is 1. The third-order valence-corrected chi connectivity index (χ3v) is 8.43. The summed E-state index contributed by atoms with van der Waals surface area (Å²) >= 11 is 0. The maximum Gasteiger partial charge on any atom is 0.314 e. The summed E-state index contributed by atoms with van der Waals surface area (Å²) in [5, 5.41) is 36.8. The highest BCUT2D eigenvalue weighted by Crippen LogP contribution is 2.33. The minimum atomic E-state index is -0.919. The van der Waals surface area contributed by atoms with E-state index in [4.69, 9.17) is 15.0 Å². The van der Waals surface area contributed by atoms with Gasteiger partial charge in [-0.3, -0.25) is 9.48 Å². The van der Waals surface area contributed by atoms with Crippen LogP contribution in [0, 0.1) is 5.92 Å². The molecule has 1 aromatic carbocycles. The van der Waals surface area contributed by atoms with Crippen LogP contribution in [0.5, 0.6) is 11.6 Å². The third-order valence-electron chi connectivity index (χ3n) is 8.43. The van der Waals surface area contributed by atoms with E-state index in [2.05, 4.69) is 25.4 Å². The van der Waals surface area contributed by atoms with E-state index in [9.17, 15) is 15.0 Å². The Morgan fingerprint density at radius 3 is 2.52 bits per heavy atom. The Balaban J connectivity index is 0.983. The number of piperidine rings is 1. The van der Waals surface area contributed by atoms with Crippen molar-refractivity contribution in [2.45, 2.75) is 77.2 Å². The number of carbonyl (C=O) groups is 1. The van der Waals surface area contributed by atoms with Crippen LogP contribution in [0.1, 0.15) is 82.9 Å². The number of aromatic nitrogens is 5. The van der Waals surface area contributed by atoms with Crippen molar-refractivity contribution in [3.8, 4) is 22.9 Å². The van der Waals surface area contributed by atoms with Crippen LogP contribution in [0.15, 0.2) is 40.9 Å². The first-order valence-electron chi connectivity index (χ1n) is 15.7. The molecule has 4 aromatic rings. The lowest BCUT2D eigenvalue weighted by Gasteiger charge is -2.32. The largest absolute Gasteiger partial charge is 0.507 e. The first-order valence-corrected chi connectivity index (χ1v) is 15.7. The van der Waals surface area contributed by atoms with E-state index in [1.54, 1.807) is 18.2 Å². The summed E-state index contributed by atoms with van der Waals surface area (Å²) in [6.07, 6.45) is 8.72. The predicted octanol–water partition coefficient (Wildman–Crippen LogP) is 5.65. The highest BCUT2D eigenvalue weighted by molar-refractivity contribution is 5.87. The van der Waals surface area contributed by atoms with Gasteiger partial charge in [-0.1, -0.05) is 51.7 Å². The Morgan fingerprint density at radius 2 is 1.80 bits per heavy atom. The number of nitrogens with two attached hydrogens (primary N) is 1. The molecular formula is C32H43N7O5. The van der Waals surface area contributed by atoms with E-state index in [0.29, 0.717) is 40.8 Å². The van der Waals surface area contributed by atoms with E-state index < -0.39 is 11.9 Å². The van der Waals surface area contributed by atoms with Crippen molar-refractivity contribution in [3.63, 3.8) is 0 Å². The van der Waals surface area contributed by atoms with Gasteiger partial charge in [-0.2, -0.15) is 5.10 Å². The zero-order valence-electron chi connectivity index (χ0n) is 25.6. The van der Waals surface area contributed by atoms with Gasteiger partial charge in [0.1, 0.15) is 11.7 Å². The number of para-hydroxylation sites is 1. The van der Waals surface area contributed by atoms with Crippen LogP contribution in [0.25, 0.3) is 22.3 Å². The number of phenols is 1. The summed E-state index contributed by atoms with van der Waals surface area (Å²) in [5.74, 6) is -0.495. The first kappa shape index (κ1) is 31.2. The van der Waals surface area contributed by atoms with Crippen LogP contribution in [0.2, 0.25) is 0 Å². The van der Waals surface area contributed by atoms with Gasteiger partial charge < -0.3 is 30.1 Å². The van der Waals surface area contributed by atoms with E-state index in [1.165, 1.54) is 19.3 Å². The van der Waals surface area contributed by atoms with Crippen molar-refractivity contribution < 1.29 is 24.3 Å². The number of phenolic OH excluding ortho intramolecular Hbond substituents is 1. The number of fused-ring (bicyclic) bond motifs is 1. The number of nitrogen functional groups attached to an aromatic ring is 1. The van der Waals surface area contributed by atoms with Crippen molar-refractivity contribution >= 4 is 22.8 Å². The molecule has 1 atom stereocenters. The van der Waals surface area contributed by atoms with Crippen molar-refractivity contribution in [1.82, 2.24) is 30.0 Å². The number of benzene rings is 1. The quantitative estimate of drug-likeness (QED) is 0.143. The van der Waals surface area contributed by atoms with Crippen LogP contribution in [0.3, 0.4) is 0 Å². The highest BCUT2D eigenvalue weighted by atomic mass is 16.5. The number of rotatable bonds is 15. The Labute approximate surface area is 257 Å². The molecule has 0 radical (unpaired) electrons. The number of nitrogens with zero attached hydrogens (tertiary/aromatic N) is 6. The highest BCUT2D eigenvalue weighted by Gasteiger charge is 2.28. The van der Waals surface area contributed by atoms with Gasteiger partial charge in [0.25, 0.3) is 5.88 Å². The van der Waals surface area contributed by atoms with Crippen LogP contribution in [0.4, 0.5) is 5.82 Å². The molecule has 1 aliphatic rings. The molecule has 12 heteroatoms. The summed E-state index contributed by atoms with van der Waals surface area (Å²) < 4.78 is 12.9. The molecular weight excluding hydrogens is 562 g/mol. The maximum atomic E-state index is 11.5. The smallest absolute Gasteiger partial charge is 0.314 e. The fourth-order valence-corrected chi connectivity index (χ4v) is 5.99. The first-order chi connectivity index (χ1) is 21.3. The van der Waals surface area contributed by atoms with Gasteiger partial charge in [-0.25, -0.2) is 0 Å². The van der Waals surface area contributed by atoms with Crippen molar-refractivity contribution in [2.24, 2.45) is 5.92 Å². The zero-order valence-corrected chi connectivity index (χ0v) is 25.6. The number of likely N-dealkylation sites (tertiary alicyclic amines) is 1. The molecule has 1 unspecified atom stereocenters. The number of unbranched alkanes of at least 4 members (excludes halogenated alkanes) is 5. The molecule has 0 amide bonds. The molecule has 12 nitrogen and oxygen atoms in total. The second kappa shape index (κ2) is 14.5. The lowest BCUT2D eigenvalue weighted by Crippen LogP contribution is -2.35. The van der Waals surface area contributed by atoms with Gasteiger partial charge in [-0.05, 0) is 61.5 Å². The Bertz CT molecular complexity index is 1530. The van der Waals surface area contributed by atoms with Gasteiger partial charge in [0, 0.05) is 24.7 Å². The zero-order chi connectivity index (χ0) is 31.1. The summed E-state index contributed by atoms with van der Waals surface area (Å²) in [6, 6.07) is 10.9. The van der Waals surface area contributed by atoms with Crippen molar-refractivity contribution in [2.75, 3.05) is 32.0 Å². The summed E-state index contributed by atoms with van der Waals surface area (Å²) in [7, 11) is 0. The van der Waals surface area contributed by atoms with E-state index in [-0.39, 0.29) is 17.7 Å². The molecule has 4 heterocycles. The van der Waals surface area contributed by atoms with Gasteiger partial charge in [0.15, 0.2) is 17.1 Å². The Morgan fingerprint density at radius 1 is 1.07 bits per heavy atom. The molecule has 0 bridgehead atoms. The van der Waals surface area contributed by atoms with Crippen LogP contribution < -0.4 is 10.5 Å². The van der Waals surface area contributed by atoms with E-state index in [0.717, 1.165) is 57.3 Å². The average Bonchev–Trinajstić information content (AvgIpc) is 3.60. The van der Waals surface area contributed by atoms with Gasteiger partial charge in [-0.15, -0.1) is 10.2 Å². The van der Waals surface area contributed by atoms with Crippen molar-refractivity contribution in [3.05, 3.63) is 42.2 Å². The lowest BCUT2D eigenvalue weighted by molar-refractivity contribution is -0.140. The van der Waals surface area contributed by atoms with Crippen LogP contribution in [-0.4, -0.2) is 72.5 Å². The predicted molar refractivity (Wildman–Crippen MR) is 166 cm³/mol. The second-order valence-corrected chi connectivity index (χ2v) is 12.0. The monoisotopic (exact) mass is 605 g/mol. The normalized spacial score (nSPS) is 15.2. The number of hydrogen-bond acceptors (Lipinski definition) is 10. The van der Waals surface area contributed by atoms with E-state index >= 15 is 0 Å². The minimum absolute atomic E-state index is 0.0923. The molecule has 3 aromatic heterocycles. The van der Waals surface area contributed by atoms with Crippen LogP contribution in [-0.2, 0) is 4.79 Å². The number of anilines is 1. The average molecular weight is 606 g/mol. The fourth-order valence-electron chi connectivity index (χ4n) is 5.99. The summed E-state index contributed by atoms with van der Waals surface area (Å²) in [4.78, 5) is 14.0. The van der Waals surface area contributed by atoms with Gasteiger partial charge in [0.2, 0.25) is 0 Å². The molecule has 1 aliphatic heterocycles. The molecule has 0 spiro atoms. The molecule has 0 saturated carbocycles. The molecule has 4 N–H and O–H groups in total. The number of aromatic hydroxyl groups is 1. The van der Waals surface area contributed by atoms with Gasteiger partial charge in [0.05, 0.1) is 23.9 Å². The third kappa shape index (κ3) is 7.47. The topological polar surface area (TPSA) is 166 Å². The molecule has 44 heavy (non-hydrogen) atoms. The van der Waals surface area contributed by atoms with Crippen molar-refractivity contribution in [1.29, 1.82) is 0 Å². The second-order valence-electron chi connectivity index (χ2n) is 12.0. The van der Waals surface area contributed by atoms with Crippen LogP contribution >= 0.6 is 0 Å². The minimum Gasteiger partial charge on any atom is -0.507 e. The molecule has 1 fully saturated rings. The van der Waals surface area contributed by atoms with Gasteiger partial charge >= 0.3 is 5.97 Å². The summed E-state index contributed by atoms with van der Waals surface area (Å²) in [6.45, 7) is 7.36. The number of ether oxygens (including phenoxy) is 1. The SMILES string of the molecule is CC(C)C(C(=O)O)c1cc(OCCCCCCCCN2CCC(n3nc(N)c4nnc(-c5ccccc5O)cc43)CC2)no1. The standard InChI is InChI=1S/C32H43N7O5/c1-21(2)29(32(41)42)27-20-28(37-44-27)43-18-10-6-4-3-5-9-15-38-16-13-22(14-17-38)39-25-19-24(23-11-7-8-12-26(23)40)34-35-30(25)31(33)36-39/h7-8,11-12,19-22,29,40H,3-6,9-10,13-18H2,1-2H3,(H2,33,36)(H,41,42). The maximum absolute atomic E-state index is 11.5. The lowest BCUT2D eigenvalue weighted by atomic mass is 9.94. The number of carboxylic acids is 1. The van der Waals surface area contributed by atoms with E-state index in [1.807, 2.05) is 36.7 Å². The molecule has 0 aliphatic carbocycles.